The van der Waals surface area contributed by atoms with Crippen molar-refractivity contribution in [2.45, 2.75) is 59.2 Å². The van der Waals surface area contributed by atoms with Crippen molar-refractivity contribution in [3.05, 3.63) is 22.8 Å². The van der Waals surface area contributed by atoms with Gasteiger partial charge in [0.15, 0.2) is 5.78 Å². The lowest BCUT2D eigenvalue weighted by Crippen LogP contribution is -2.37. The first-order valence-corrected chi connectivity index (χ1v) is 8.67. The molecule has 1 aliphatic heterocycles. The molecule has 24 heavy (non-hydrogen) atoms. The molecule has 5 nitrogen and oxygen atoms in total. The number of hydrogen-bond acceptors (Lipinski definition) is 5. The van der Waals surface area contributed by atoms with Crippen molar-refractivity contribution >= 4 is 17.7 Å². The van der Waals surface area contributed by atoms with Gasteiger partial charge in [0, 0.05) is 30.3 Å². The molecule has 2 aliphatic carbocycles. The van der Waals surface area contributed by atoms with E-state index in [9.17, 15) is 14.4 Å². The molecule has 0 radical (unpaired) electrons. The fourth-order valence-corrected chi connectivity index (χ4v) is 4.34. The van der Waals surface area contributed by atoms with E-state index in [0.29, 0.717) is 19.3 Å². The smallest absolute Gasteiger partial charge is 0.309 e. The van der Waals surface area contributed by atoms with Crippen molar-refractivity contribution in [2.24, 2.45) is 17.8 Å². The number of esters is 2. The van der Waals surface area contributed by atoms with Gasteiger partial charge in [-0.05, 0) is 26.3 Å². The summed E-state index contributed by atoms with van der Waals surface area (Å²) < 4.78 is 11.4. The van der Waals surface area contributed by atoms with Crippen LogP contribution >= 0.6 is 0 Å². The highest BCUT2D eigenvalue weighted by Crippen LogP contribution is 2.48. The molecule has 3 rings (SSSR count). The Balaban J connectivity index is 2.00. The minimum absolute atomic E-state index is 0.00936. The van der Waals surface area contributed by atoms with E-state index >= 15 is 0 Å². The zero-order valence-corrected chi connectivity index (χ0v) is 14.6. The molecule has 0 saturated carbocycles. The van der Waals surface area contributed by atoms with Gasteiger partial charge >= 0.3 is 11.9 Å². The molecule has 1 heterocycles. The van der Waals surface area contributed by atoms with Gasteiger partial charge in [0.25, 0.3) is 0 Å². The van der Waals surface area contributed by atoms with Gasteiger partial charge in [-0.1, -0.05) is 25.0 Å². The van der Waals surface area contributed by atoms with E-state index in [4.69, 9.17) is 9.47 Å². The standard InChI is InChI=1S/C19H24O5/c1-5-6-14(21)23-13-8-10(3)15-12(20)7-9(2)16(15)18-17(13)11(4)19(22)24-18/h7,11,13,16-18H,5-6,8H2,1-4H3. The summed E-state index contributed by atoms with van der Waals surface area (Å²) in [4.78, 5) is 36.6. The van der Waals surface area contributed by atoms with Crippen LogP contribution in [-0.2, 0) is 23.9 Å². The van der Waals surface area contributed by atoms with Crippen LogP contribution in [0, 0.1) is 17.8 Å². The van der Waals surface area contributed by atoms with Crippen LogP contribution in [0.4, 0.5) is 0 Å². The van der Waals surface area contributed by atoms with E-state index in [1.54, 1.807) is 6.08 Å². The SMILES string of the molecule is CCCC(=O)OC1CC(C)=C2C(=O)C=C(C)C2C2OC(=O)C(C)C12. The second kappa shape index (κ2) is 6.19. The Labute approximate surface area is 142 Å². The quantitative estimate of drug-likeness (QED) is 0.743. The monoisotopic (exact) mass is 332 g/mol. The van der Waals surface area contributed by atoms with Crippen LogP contribution in [0.2, 0.25) is 0 Å². The van der Waals surface area contributed by atoms with E-state index in [2.05, 4.69) is 0 Å². The average molecular weight is 332 g/mol. The third kappa shape index (κ3) is 2.60. The Hall–Kier alpha value is -1.91. The number of carbonyl (C=O) groups is 3. The number of fused-ring (bicyclic) bond motifs is 3. The molecule has 1 saturated heterocycles. The van der Waals surface area contributed by atoms with Gasteiger partial charge in [-0.3, -0.25) is 14.4 Å². The average Bonchev–Trinajstić information content (AvgIpc) is 2.90. The third-order valence-electron chi connectivity index (χ3n) is 5.47. The van der Waals surface area contributed by atoms with Crippen LogP contribution in [0.5, 0.6) is 0 Å². The van der Waals surface area contributed by atoms with Gasteiger partial charge in [0.1, 0.15) is 12.2 Å². The molecule has 0 amide bonds. The first kappa shape index (κ1) is 16.9. The number of rotatable bonds is 3. The topological polar surface area (TPSA) is 69.7 Å². The van der Waals surface area contributed by atoms with Gasteiger partial charge in [0.05, 0.1) is 5.92 Å². The van der Waals surface area contributed by atoms with Gasteiger partial charge in [-0.25, -0.2) is 0 Å². The van der Waals surface area contributed by atoms with E-state index in [1.165, 1.54) is 0 Å². The summed E-state index contributed by atoms with van der Waals surface area (Å²) in [5.41, 5.74) is 2.58. The molecular formula is C19H24O5. The van der Waals surface area contributed by atoms with Crippen LogP contribution < -0.4 is 0 Å². The third-order valence-corrected chi connectivity index (χ3v) is 5.47. The van der Waals surface area contributed by atoms with E-state index in [-0.39, 0.29) is 35.5 Å². The molecule has 5 atom stereocenters. The summed E-state index contributed by atoms with van der Waals surface area (Å²) in [6, 6.07) is 0. The molecule has 0 spiro atoms. The number of ether oxygens (including phenoxy) is 2. The van der Waals surface area contributed by atoms with Gasteiger partial charge in [-0.2, -0.15) is 0 Å². The predicted molar refractivity (Wildman–Crippen MR) is 86.9 cm³/mol. The molecule has 1 fully saturated rings. The number of carbonyl (C=O) groups excluding carboxylic acids is 3. The first-order chi connectivity index (χ1) is 11.3. The van der Waals surface area contributed by atoms with Crippen LogP contribution in [0.15, 0.2) is 22.8 Å². The lowest BCUT2D eigenvalue weighted by Gasteiger charge is -2.29. The largest absolute Gasteiger partial charge is 0.462 e. The maximum atomic E-state index is 12.4. The lowest BCUT2D eigenvalue weighted by atomic mass is 9.79. The van der Waals surface area contributed by atoms with Crippen LogP contribution in [0.3, 0.4) is 0 Å². The Morgan fingerprint density at radius 3 is 2.71 bits per heavy atom. The van der Waals surface area contributed by atoms with Crippen LogP contribution in [-0.4, -0.2) is 29.9 Å². The molecule has 3 aliphatic rings. The summed E-state index contributed by atoms with van der Waals surface area (Å²) in [5, 5.41) is 0. The van der Waals surface area contributed by atoms with Gasteiger partial charge in [0.2, 0.25) is 0 Å². The molecule has 0 aromatic carbocycles. The second-order valence-corrected chi connectivity index (χ2v) is 7.17. The number of hydrogen-bond donors (Lipinski definition) is 0. The molecule has 130 valence electrons. The minimum atomic E-state index is -0.429. The Morgan fingerprint density at radius 2 is 2.04 bits per heavy atom. The highest BCUT2D eigenvalue weighted by Gasteiger charge is 2.55. The highest BCUT2D eigenvalue weighted by molar-refractivity contribution is 6.09. The van der Waals surface area contributed by atoms with Crippen molar-refractivity contribution in [1.29, 1.82) is 0 Å². The first-order valence-electron chi connectivity index (χ1n) is 8.67. The molecule has 5 heteroatoms. The maximum absolute atomic E-state index is 12.4. The summed E-state index contributed by atoms with van der Waals surface area (Å²) in [5.74, 6) is -1.30. The molecule has 5 unspecified atom stereocenters. The fraction of sp³-hybridized carbons (Fsp3) is 0.632. The molecule has 0 aromatic rings. The zero-order valence-electron chi connectivity index (χ0n) is 14.6. The van der Waals surface area contributed by atoms with E-state index in [1.807, 2.05) is 27.7 Å². The highest BCUT2D eigenvalue weighted by atomic mass is 16.6. The summed E-state index contributed by atoms with van der Waals surface area (Å²) in [6.07, 6.45) is 2.34. The van der Waals surface area contributed by atoms with Crippen molar-refractivity contribution in [1.82, 2.24) is 0 Å². The minimum Gasteiger partial charge on any atom is -0.462 e. The summed E-state index contributed by atoms with van der Waals surface area (Å²) >= 11 is 0. The lowest BCUT2D eigenvalue weighted by molar-refractivity contribution is -0.153. The van der Waals surface area contributed by atoms with Crippen molar-refractivity contribution < 1.29 is 23.9 Å². The van der Waals surface area contributed by atoms with Crippen LogP contribution in [0.1, 0.15) is 47.0 Å². The Morgan fingerprint density at radius 1 is 1.33 bits per heavy atom. The summed E-state index contributed by atoms with van der Waals surface area (Å²) in [6.45, 7) is 7.57. The molecule has 0 N–H and O–H groups in total. The van der Waals surface area contributed by atoms with E-state index in [0.717, 1.165) is 16.7 Å². The molecule has 0 bridgehead atoms. The van der Waals surface area contributed by atoms with Crippen molar-refractivity contribution in [3.8, 4) is 0 Å². The summed E-state index contributed by atoms with van der Waals surface area (Å²) in [7, 11) is 0. The number of ketones is 1. The van der Waals surface area contributed by atoms with Crippen LogP contribution in [0.25, 0.3) is 0 Å². The van der Waals surface area contributed by atoms with Gasteiger partial charge < -0.3 is 9.47 Å². The zero-order chi connectivity index (χ0) is 17.6. The number of allylic oxidation sites excluding steroid dienone is 1. The second-order valence-electron chi connectivity index (χ2n) is 7.17. The molecular weight excluding hydrogens is 308 g/mol. The Kier molecular flexibility index (Phi) is 4.37. The van der Waals surface area contributed by atoms with E-state index < -0.39 is 12.2 Å². The van der Waals surface area contributed by atoms with Gasteiger partial charge in [-0.15, -0.1) is 0 Å². The Bertz CT molecular complexity index is 657. The fourth-order valence-electron chi connectivity index (χ4n) is 4.34. The van der Waals surface area contributed by atoms with Crippen molar-refractivity contribution in [3.63, 3.8) is 0 Å². The normalized spacial score (nSPS) is 35.2. The van der Waals surface area contributed by atoms with Crippen molar-refractivity contribution in [2.75, 3.05) is 0 Å². The predicted octanol–water partition coefficient (Wildman–Crippen LogP) is 2.74. The molecule has 0 aromatic heterocycles. The maximum Gasteiger partial charge on any atom is 0.309 e.